The molecule has 0 bridgehead atoms. The van der Waals surface area contributed by atoms with Crippen molar-refractivity contribution >= 4 is 29.3 Å². The van der Waals surface area contributed by atoms with Crippen LogP contribution in [0.5, 0.6) is 0 Å². The summed E-state index contributed by atoms with van der Waals surface area (Å²) in [7, 11) is 1.80. The molecule has 1 aliphatic carbocycles. The van der Waals surface area contributed by atoms with Crippen molar-refractivity contribution in [3.63, 3.8) is 0 Å². The van der Waals surface area contributed by atoms with Crippen molar-refractivity contribution < 1.29 is 4.79 Å². The van der Waals surface area contributed by atoms with E-state index in [4.69, 9.17) is 11.6 Å². The normalized spacial score (nSPS) is 15.4. The Bertz CT molecular complexity index is 703. The molecule has 1 heterocycles. The minimum atomic E-state index is -0.0405. The van der Waals surface area contributed by atoms with Gasteiger partial charge in [-0.3, -0.25) is 4.79 Å². The lowest BCUT2D eigenvalue weighted by Crippen LogP contribution is -2.31. The van der Waals surface area contributed by atoms with Gasteiger partial charge in [0.2, 0.25) is 11.1 Å². The SMILES string of the molecule is CC(c1cccc(Cl)c1)N(C)C(=O)CSc1nnnn1C1CC1. The highest BCUT2D eigenvalue weighted by atomic mass is 35.5. The molecule has 8 heteroatoms. The number of amides is 1. The van der Waals surface area contributed by atoms with Gasteiger partial charge in [0.1, 0.15) is 0 Å². The number of nitrogens with zero attached hydrogens (tertiary/aromatic N) is 5. The van der Waals surface area contributed by atoms with Crippen LogP contribution < -0.4 is 0 Å². The number of carbonyl (C=O) groups excluding carboxylic acids is 1. The van der Waals surface area contributed by atoms with E-state index in [-0.39, 0.29) is 11.9 Å². The van der Waals surface area contributed by atoms with Crippen molar-refractivity contribution in [2.45, 2.75) is 37.0 Å². The Kier molecular flexibility index (Phi) is 4.87. The lowest BCUT2D eigenvalue weighted by Gasteiger charge is -2.25. The highest BCUT2D eigenvalue weighted by molar-refractivity contribution is 7.99. The van der Waals surface area contributed by atoms with Gasteiger partial charge in [-0.1, -0.05) is 35.5 Å². The molecule has 1 aromatic heterocycles. The number of aromatic nitrogens is 4. The molecule has 1 aromatic carbocycles. The van der Waals surface area contributed by atoms with Crippen molar-refractivity contribution in [1.82, 2.24) is 25.1 Å². The molecule has 0 saturated heterocycles. The molecular weight excluding hydrogens is 334 g/mol. The second kappa shape index (κ2) is 6.88. The summed E-state index contributed by atoms with van der Waals surface area (Å²) in [6.45, 7) is 1.99. The molecular formula is C15H18ClN5OS. The molecule has 1 saturated carbocycles. The Labute approximate surface area is 144 Å². The number of thioether (sulfide) groups is 1. The second-order valence-electron chi connectivity index (χ2n) is 5.66. The number of hydrogen-bond donors (Lipinski definition) is 0. The number of benzene rings is 1. The molecule has 0 radical (unpaired) electrons. The van der Waals surface area contributed by atoms with E-state index in [0.29, 0.717) is 22.0 Å². The fourth-order valence-electron chi connectivity index (χ4n) is 2.26. The summed E-state index contributed by atoms with van der Waals surface area (Å²) >= 11 is 7.41. The summed E-state index contributed by atoms with van der Waals surface area (Å²) in [6, 6.07) is 7.95. The number of carbonyl (C=O) groups is 1. The van der Waals surface area contributed by atoms with E-state index in [2.05, 4.69) is 15.5 Å². The smallest absolute Gasteiger partial charge is 0.233 e. The average molecular weight is 352 g/mol. The molecule has 1 aliphatic rings. The Balaban J connectivity index is 1.59. The highest BCUT2D eigenvalue weighted by Gasteiger charge is 2.28. The average Bonchev–Trinajstić information content (AvgIpc) is 3.29. The first-order chi connectivity index (χ1) is 11.1. The van der Waals surface area contributed by atoms with Crippen LogP contribution in [-0.2, 0) is 4.79 Å². The maximum atomic E-state index is 12.4. The Morgan fingerprint density at radius 1 is 1.52 bits per heavy atom. The largest absolute Gasteiger partial charge is 0.338 e. The van der Waals surface area contributed by atoms with Crippen LogP contribution in [0.1, 0.15) is 37.4 Å². The van der Waals surface area contributed by atoms with E-state index in [0.717, 1.165) is 18.4 Å². The number of tetrazole rings is 1. The molecule has 1 unspecified atom stereocenters. The minimum absolute atomic E-state index is 0.0350. The summed E-state index contributed by atoms with van der Waals surface area (Å²) in [4.78, 5) is 14.2. The van der Waals surface area contributed by atoms with Gasteiger partial charge in [-0.25, -0.2) is 4.68 Å². The number of rotatable bonds is 6. The Morgan fingerprint density at radius 2 is 2.30 bits per heavy atom. The Morgan fingerprint density at radius 3 is 3.00 bits per heavy atom. The van der Waals surface area contributed by atoms with Crippen LogP contribution >= 0.6 is 23.4 Å². The van der Waals surface area contributed by atoms with Crippen LogP contribution in [0.25, 0.3) is 0 Å². The van der Waals surface area contributed by atoms with E-state index in [9.17, 15) is 4.79 Å². The van der Waals surface area contributed by atoms with E-state index in [1.165, 1.54) is 11.8 Å². The molecule has 1 amide bonds. The molecule has 6 nitrogen and oxygen atoms in total. The summed E-state index contributed by atoms with van der Waals surface area (Å²) in [6.07, 6.45) is 2.22. The number of halogens is 1. The van der Waals surface area contributed by atoms with Crippen molar-refractivity contribution in [3.05, 3.63) is 34.9 Å². The van der Waals surface area contributed by atoms with Crippen LogP contribution in [0.15, 0.2) is 29.4 Å². The Hall–Kier alpha value is -1.60. The molecule has 23 heavy (non-hydrogen) atoms. The van der Waals surface area contributed by atoms with Gasteiger partial charge in [-0.15, -0.1) is 5.10 Å². The van der Waals surface area contributed by atoms with Crippen molar-refractivity contribution in [2.75, 3.05) is 12.8 Å². The first-order valence-electron chi connectivity index (χ1n) is 7.48. The van der Waals surface area contributed by atoms with Gasteiger partial charge in [0.05, 0.1) is 17.8 Å². The van der Waals surface area contributed by atoms with Crippen LogP contribution in [0.3, 0.4) is 0 Å². The third-order valence-electron chi connectivity index (χ3n) is 3.99. The summed E-state index contributed by atoms with van der Waals surface area (Å²) in [5.41, 5.74) is 1.01. The third-order valence-corrected chi connectivity index (χ3v) is 5.14. The lowest BCUT2D eigenvalue weighted by atomic mass is 10.1. The first kappa shape index (κ1) is 16.3. The van der Waals surface area contributed by atoms with E-state index in [1.807, 2.05) is 35.9 Å². The maximum Gasteiger partial charge on any atom is 0.233 e. The predicted octanol–water partition coefficient (Wildman–Crippen LogP) is 2.97. The standard InChI is InChI=1S/C15H18ClN5OS/c1-10(11-4-3-5-12(16)8-11)20(2)14(22)9-23-15-17-18-19-21(15)13-6-7-13/h3-5,8,10,13H,6-7,9H2,1-2H3. The van der Waals surface area contributed by atoms with Gasteiger partial charge in [0.15, 0.2) is 0 Å². The monoisotopic (exact) mass is 351 g/mol. The van der Waals surface area contributed by atoms with Gasteiger partial charge in [0.25, 0.3) is 0 Å². The molecule has 1 fully saturated rings. The second-order valence-corrected chi connectivity index (χ2v) is 7.04. The van der Waals surface area contributed by atoms with Crippen molar-refractivity contribution in [3.8, 4) is 0 Å². The third kappa shape index (κ3) is 3.84. The van der Waals surface area contributed by atoms with Crippen molar-refractivity contribution in [1.29, 1.82) is 0 Å². The summed E-state index contributed by atoms with van der Waals surface area (Å²) in [5.74, 6) is 0.349. The molecule has 3 rings (SSSR count). The van der Waals surface area contributed by atoms with Crippen LogP contribution in [-0.4, -0.2) is 43.8 Å². The van der Waals surface area contributed by atoms with Crippen LogP contribution in [0.4, 0.5) is 0 Å². The van der Waals surface area contributed by atoms with Gasteiger partial charge in [-0.05, 0) is 47.9 Å². The van der Waals surface area contributed by atoms with Gasteiger partial charge < -0.3 is 4.90 Å². The zero-order chi connectivity index (χ0) is 16.4. The van der Waals surface area contributed by atoms with Crippen LogP contribution in [0, 0.1) is 0 Å². The first-order valence-corrected chi connectivity index (χ1v) is 8.84. The highest BCUT2D eigenvalue weighted by Crippen LogP contribution is 2.36. The molecule has 2 aromatic rings. The molecule has 0 spiro atoms. The fourth-order valence-corrected chi connectivity index (χ4v) is 3.33. The van der Waals surface area contributed by atoms with Crippen LogP contribution in [0.2, 0.25) is 5.02 Å². The summed E-state index contributed by atoms with van der Waals surface area (Å²) < 4.78 is 1.82. The molecule has 122 valence electrons. The summed E-state index contributed by atoms with van der Waals surface area (Å²) in [5, 5.41) is 13.1. The van der Waals surface area contributed by atoms with Gasteiger partial charge in [-0.2, -0.15) is 0 Å². The van der Waals surface area contributed by atoms with Crippen molar-refractivity contribution in [2.24, 2.45) is 0 Å². The zero-order valence-electron chi connectivity index (χ0n) is 13.0. The fraction of sp³-hybridized carbons (Fsp3) is 0.467. The molecule has 0 aliphatic heterocycles. The number of hydrogen-bond acceptors (Lipinski definition) is 5. The topological polar surface area (TPSA) is 63.9 Å². The molecule has 0 N–H and O–H groups in total. The van der Waals surface area contributed by atoms with Gasteiger partial charge in [0, 0.05) is 12.1 Å². The minimum Gasteiger partial charge on any atom is -0.338 e. The van der Waals surface area contributed by atoms with E-state index in [1.54, 1.807) is 11.9 Å². The molecule has 1 atom stereocenters. The predicted molar refractivity (Wildman–Crippen MR) is 89.4 cm³/mol. The van der Waals surface area contributed by atoms with E-state index < -0.39 is 0 Å². The zero-order valence-corrected chi connectivity index (χ0v) is 14.6. The van der Waals surface area contributed by atoms with E-state index >= 15 is 0 Å². The maximum absolute atomic E-state index is 12.4. The quantitative estimate of drug-likeness (QED) is 0.748. The lowest BCUT2D eigenvalue weighted by molar-refractivity contribution is -0.128. The van der Waals surface area contributed by atoms with Gasteiger partial charge >= 0.3 is 0 Å².